The van der Waals surface area contributed by atoms with E-state index in [1.54, 1.807) is 17.5 Å². The van der Waals surface area contributed by atoms with Gasteiger partial charge in [-0.2, -0.15) is 0 Å². The van der Waals surface area contributed by atoms with Crippen LogP contribution in [-0.4, -0.2) is 58.6 Å². The Balaban J connectivity index is 1.49. The lowest BCUT2D eigenvalue weighted by Crippen LogP contribution is -2.47. The van der Waals surface area contributed by atoms with Crippen LogP contribution in [0.1, 0.15) is 35.6 Å². The molecule has 1 amide bonds. The number of benzene rings is 1. The Bertz CT molecular complexity index is 1170. The van der Waals surface area contributed by atoms with Gasteiger partial charge >= 0.3 is 0 Å². The van der Waals surface area contributed by atoms with E-state index in [0.29, 0.717) is 35.1 Å². The molecule has 182 valence electrons. The van der Waals surface area contributed by atoms with Gasteiger partial charge in [0.25, 0.3) is 5.91 Å². The molecule has 0 bridgehead atoms. The van der Waals surface area contributed by atoms with Crippen molar-refractivity contribution in [3.8, 4) is 5.75 Å². The first-order valence-corrected chi connectivity index (χ1v) is 11.5. The van der Waals surface area contributed by atoms with Crippen LogP contribution in [0.2, 0.25) is 5.02 Å². The molecular weight excluding hydrogens is 466 g/mol. The molecule has 0 aliphatic carbocycles. The number of halogens is 3. The van der Waals surface area contributed by atoms with Gasteiger partial charge in [-0.05, 0) is 32.9 Å². The zero-order valence-corrected chi connectivity index (χ0v) is 20.0. The van der Waals surface area contributed by atoms with Crippen LogP contribution in [0.3, 0.4) is 0 Å². The van der Waals surface area contributed by atoms with E-state index in [9.17, 15) is 13.6 Å². The number of aromatic nitrogens is 2. The minimum atomic E-state index is -0.707. The smallest absolute Gasteiger partial charge is 0.270 e. The Morgan fingerprint density at radius 2 is 1.94 bits per heavy atom. The predicted molar refractivity (Wildman–Crippen MR) is 124 cm³/mol. The van der Waals surface area contributed by atoms with Gasteiger partial charge in [0.2, 0.25) is 0 Å². The number of carbonyl (C=O) groups excluding carboxylic acids is 1. The number of hydrogen-bond acceptors (Lipinski definition) is 5. The van der Waals surface area contributed by atoms with Crippen molar-refractivity contribution in [3.05, 3.63) is 64.1 Å². The number of hydrogen-bond donors (Lipinski definition) is 1. The molecule has 1 aromatic carbocycles. The highest BCUT2D eigenvalue weighted by molar-refractivity contribution is 6.30. The van der Waals surface area contributed by atoms with E-state index in [1.165, 1.54) is 12.1 Å². The molecule has 2 aromatic heterocycles. The number of imidazole rings is 1. The molecule has 0 unspecified atom stereocenters. The topological polar surface area (TPSA) is 68.1 Å². The summed E-state index contributed by atoms with van der Waals surface area (Å²) in [6.07, 6.45) is 1.87. The first kappa shape index (κ1) is 24.4. The summed E-state index contributed by atoms with van der Waals surface area (Å²) in [5.41, 5.74) is 0.937. The Morgan fingerprint density at radius 3 is 2.62 bits per heavy atom. The zero-order chi connectivity index (χ0) is 24.4. The number of fused-ring (bicyclic) bond motifs is 1. The summed E-state index contributed by atoms with van der Waals surface area (Å²) in [5, 5.41) is 3.23. The summed E-state index contributed by atoms with van der Waals surface area (Å²) in [6.45, 7) is 8.21. The fourth-order valence-corrected chi connectivity index (χ4v) is 4.47. The highest BCUT2D eigenvalue weighted by Gasteiger charge is 2.23. The van der Waals surface area contributed by atoms with Gasteiger partial charge < -0.3 is 14.8 Å². The molecule has 34 heavy (non-hydrogen) atoms. The maximum Gasteiger partial charge on any atom is 0.270 e. The van der Waals surface area contributed by atoms with Crippen LogP contribution in [0.25, 0.3) is 5.65 Å². The largest absolute Gasteiger partial charge is 0.485 e. The molecule has 1 fully saturated rings. The average Bonchev–Trinajstić information content (AvgIpc) is 3.08. The number of morpholine rings is 1. The second-order valence-corrected chi connectivity index (χ2v) is 8.96. The van der Waals surface area contributed by atoms with E-state index < -0.39 is 11.6 Å². The third-order valence-corrected chi connectivity index (χ3v) is 5.89. The summed E-state index contributed by atoms with van der Waals surface area (Å²) in [7, 11) is 0. The Labute approximate surface area is 201 Å². The molecule has 1 saturated heterocycles. The van der Waals surface area contributed by atoms with E-state index in [4.69, 9.17) is 21.1 Å². The number of ether oxygens (including phenoxy) is 2. The number of amides is 1. The monoisotopic (exact) mass is 492 g/mol. The third kappa shape index (κ3) is 5.32. The minimum Gasteiger partial charge on any atom is -0.485 e. The molecule has 1 aliphatic rings. The maximum atomic E-state index is 14.0. The Morgan fingerprint density at radius 1 is 1.26 bits per heavy atom. The number of nitrogens with one attached hydrogen (secondary N) is 1. The summed E-state index contributed by atoms with van der Waals surface area (Å²) < 4.78 is 40.9. The van der Waals surface area contributed by atoms with Gasteiger partial charge in [-0.3, -0.25) is 14.1 Å². The van der Waals surface area contributed by atoms with Crippen LogP contribution in [-0.2, 0) is 11.3 Å². The molecule has 4 rings (SSSR count). The first-order valence-electron chi connectivity index (χ1n) is 11.1. The van der Waals surface area contributed by atoms with Crippen molar-refractivity contribution in [2.75, 3.05) is 26.2 Å². The van der Waals surface area contributed by atoms with E-state index in [2.05, 4.69) is 15.2 Å². The second-order valence-electron chi connectivity index (χ2n) is 8.52. The first-order chi connectivity index (χ1) is 16.2. The summed E-state index contributed by atoms with van der Waals surface area (Å²) >= 11 is 6.26. The minimum absolute atomic E-state index is 0.152. The second kappa shape index (κ2) is 10.2. The van der Waals surface area contributed by atoms with Crippen LogP contribution in [0.15, 0.2) is 30.5 Å². The van der Waals surface area contributed by atoms with E-state index in [1.807, 2.05) is 13.8 Å². The van der Waals surface area contributed by atoms with Crippen LogP contribution < -0.4 is 10.1 Å². The normalized spacial score (nSPS) is 18.9. The summed E-state index contributed by atoms with van der Waals surface area (Å²) in [6, 6.07) is 5.12. The molecule has 10 heteroatoms. The fraction of sp³-hybridized carbons (Fsp3) is 0.417. The van der Waals surface area contributed by atoms with Crippen LogP contribution >= 0.6 is 11.6 Å². The van der Waals surface area contributed by atoms with Gasteiger partial charge in [-0.15, -0.1) is 0 Å². The molecule has 3 heterocycles. The molecular formula is C24H27ClF2N4O3. The quantitative estimate of drug-likeness (QED) is 0.540. The van der Waals surface area contributed by atoms with Gasteiger partial charge in [0.1, 0.15) is 23.9 Å². The van der Waals surface area contributed by atoms with Crippen molar-refractivity contribution >= 4 is 23.2 Å². The van der Waals surface area contributed by atoms with Gasteiger partial charge in [-0.25, -0.2) is 13.8 Å². The molecule has 2 atom stereocenters. The standard InChI is InChI=1S/C24H27ClF2N4O3/c1-14-10-30(11-15(2)34-14)8-7-28-24(32)22-16(3)29-23-21(9-17(25)12-31(22)23)33-13-18-19(26)5-4-6-20(18)27/h4-6,9,12,14-15H,7-8,10-11,13H2,1-3H3,(H,28,32)/t14-,15+. The average molecular weight is 493 g/mol. The summed E-state index contributed by atoms with van der Waals surface area (Å²) in [4.78, 5) is 19.7. The number of carbonyl (C=O) groups is 1. The van der Waals surface area contributed by atoms with Crippen molar-refractivity contribution in [2.45, 2.75) is 39.6 Å². The Kier molecular flexibility index (Phi) is 7.35. The zero-order valence-electron chi connectivity index (χ0n) is 19.3. The van der Waals surface area contributed by atoms with Gasteiger partial charge in [-0.1, -0.05) is 17.7 Å². The van der Waals surface area contributed by atoms with Crippen LogP contribution in [0, 0.1) is 18.6 Å². The van der Waals surface area contributed by atoms with Gasteiger partial charge in [0, 0.05) is 38.4 Å². The lowest BCUT2D eigenvalue weighted by atomic mass is 10.2. The summed E-state index contributed by atoms with van der Waals surface area (Å²) in [5.74, 6) is -1.50. The van der Waals surface area contributed by atoms with E-state index >= 15 is 0 Å². The van der Waals surface area contributed by atoms with Crippen molar-refractivity contribution in [2.24, 2.45) is 0 Å². The lowest BCUT2D eigenvalue weighted by Gasteiger charge is -2.35. The van der Waals surface area contributed by atoms with Gasteiger partial charge in [0.05, 0.1) is 28.5 Å². The third-order valence-electron chi connectivity index (χ3n) is 5.68. The van der Waals surface area contributed by atoms with Crippen molar-refractivity contribution in [3.63, 3.8) is 0 Å². The van der Waals surface area contributed by atoms with Crippen molar-refractivity contribution in [1.29, 1.82) is 0 Å². The van der Waals surface area contributed by atoms with Crippen molar-refractivity contribution < 1.29 is 23.0 Å². The number of rotatable bonds is 7. The van der Waals surface area contributed by atoms with Crippen molar-refractivity contribution in [1.82, 2.24) is 19.6 Å². The molecule has 7 nitrogen and oxygen atoms in total. The molecule has 0 radical (unpaired) electrons. The Hall–Kier alpha value is -2.75. The lowest BCUT2D eigenvalue weighted by molar-refractivity contribution is -0.0672. The molecule has 3 aromatic rings. The van der Waals surface area contributed by atoms with Crippen LogP contribution in [0.5, 0.6) is 5.75 Å². The number of pyridine rings is 1. The molecule has 0 saturated carbocycles. The number of nitrogens with zero attached hydrogens (tertiary/aromatic N) is 3. The fourth-order valence-electron chi connectivity index (χ4n) is 4.27. The molecule has 1 N–H and O–H groups in total. The maximum absolute atomic E-state index is 14.0. The molecule has 1 aliphatic heterocycles. The molecule has 0 spiro atoms. The van der Waals surface area contributed by atoms with Crippen LogP contribution in [0.4, 0.5) is 8.78 Å². The highest BCUT2D eigenvalue weighted by Crippen LogP contribution is 2.28. The highest BCUT2D eigenvalue weighted by atomic mass is 35.5. The SMILES string of the molecule is Cc1nc2c(OCc3c(F)cccc3F)cc(Cl)cn2c1C(=O)NCCN1C[C@@H](C)O[C@@H](C)C1. The van der Waals surface area contributed by atoms with E-state index in [0.717, 1.165) is 25.2 Å². The van der Waals surface area contributed by atoms with Gasteiger partial charge in [0.15, 0.2) is 11.4 Å². The number of aryl methyl sites for hydroxylation is 1. The van der Waals surface area contributed by atoms with E-state index in [-0.39, 0.29) is 36.0 Å². The predicted octanol–water partition coefficient (Wildman–Crippen LogP) is 3.99.